The summed E-state index contributed by atoms with van der Waals surface area (Å²) >= 11 is 15.2. The predicted molar refractivity (Wildman–Crippen MR) is 153 cm³/mol. The van der Waals surface area contributed by atoms with Crippen molar-refractivity contribution in [2.45, 2.75) is 18.9 Å². The molecule has 8 heteroatoms. The van der Waals surface area contributed by atoms with Crippen LogP contribution in [0.4, 0.5) is 0 Å². The maximum Gasteiger partial charge on any atom is 0.271 e. The minimum absolute atomic E-state index is 0.0721. The first-order valence-electron chi connectivity index (χ1n) is 11.4. The van der Waals surface area contributed by atoms with Crippen LogP contribution < -0.4 is 19.6 Å². The zero-order valence-corrected chi connectivity index (χ0v) is 23.8. The van der Waals surface area contributed by atoms with E-state index in [2.05, 4.69) is 50.1 Å². The molecule has 0 fully saturated rings. The van der Waals surface area contributed by atoms with E-state index in [-0.39, 0.29) is 11.6 Å². The SMILES string of the molecule is COc1c(Br)cc(C=c2sc3n(c2=O)C(c2ccccc2Cl)C2=C(N=3)c3ccccc3CC2)cc1Br. The molecule has 3 aromatic carbocycles. The summed E-state index contributed by atoms with van der Waals surface area (Å²) < 4.78 is 9.47. The maximum absolute atomic E-state index is 13.9. The van der Waals surface area contributed by atoms with E-state index >= 15 is 0 Å². The van der Waals surface area contributed by atoms with Crippen molar-refractivity contribution in [3.63, 3.8) is 0 Å². The number of thiazole rings is 1. The van der Waals surface area contributed by atoms with Crippen molar-refractivity contribution in [1.82, 2.24) is 4.57 Å². The molecule has 0 N–H and O–H groups in total. The van der Waals surface area contributed by atoms with Gasteiger partial charge in [0.1, 0.15) is 5.75 Å². The number of hydrogen-bond acceptors (Lipinski definition) is 4. The normalized spacial score (nSPS) is 16.8. The third-order valence-corrected chi connectivity index (χ3v) is 9.10. The average Bonchev–Trinajstić information content (AvgIpc) is 3.17. The summed E-state index contributed by atoms with van der Waals surface area (Å²) in [5.41, 5.74) is 6.24. The van der Waals surface area contributed by atoms with Gasteiger partial charge >= 0.3 is 0 Å². The Bertz CT molecular complexity index is 1730. The third kappa shape index (κ3) is 3.93. The summed E-state index contributed by atoms with van der Waals surface area (Å²) in [6, 6.07) is 19.8. The first kappa shape index (κ1) is 23.9. The summed E-state index contributed by atoms with van der Waals surface area (Å²) in [7, 11) is 1.62. The Morgan fingerprint density at radius 3 is 2.56 bits per heavy atom. The quantitative estimate of drug-likeness (QED) is 0.256. The van der Waals surface area contributed by atoms with E-state index in [0.717, 1.165) is 49.7 Å². The van der Waals surface area contributed by atoms with Gasteiger partial charge in [-0.1, -0.05) is 65.4 Å². The van der Waals surface area contributed by atoms with Crippen molar-refractivity contribution in [2.75, 3.05) is 7.11 Å². The number of allylic oxidation sites excluding steroid dienone is 1. The van der Waals surface area contributed by atoms with E-state index in [9.17, 15) is 4.79 Å². The molecule has 4 aromatic rings. The fourth-order valence-corrected chi connectivity index (χ4v) is 7.79. The molecule has 0 saturated carbocycles. The number of rotatable bonds is 3. The minimum Gasteiger partial charge on any atom is -0.494 e. The topological polar surface area (TPSA) is 43.6 Å². The number of nitrogens with zero attached hydrogens (tertiary/aromatic N) is 2. The standard InChI is InChI=1S/C28H19Br2ClN2O2S/c1-35-26-20(29)12-15(13-21(26)30)14-23-27(34)33-25(18-8-4-5-9-22(18)31)19-11-10-16-6-2-3-7-17(16)24(19)32-28(33)36-23/h2-9,12-14,25H,10-11H2,1H3. The predicted octanol–water partition coefficient (Wildman–Crippen LogP) is 6.51. The van der Waals surface area contributed by atoms with Crippen molar-refractivity contribution in [3.8, 4) is 5.75 Å². The zero-order chi connectivity index (χ0) is 25.0. The van der Waals surface area contributed by atoms with Crippen molar-refractivity contribution in [2.24, 2.45) is 4.99 Å². The Morgan fingerprint density at radius 2 is 1.81 bits per heavy atom. The highest BCUT2D eigenvalue weighted by atomic mass is 79.9. The highest BCUT2D eigenvalue weighted by molar-refractivity contribution is 9.11. The van der Waals surface area contributed by atoms with Crippen LogP contribution >= 0.6 is 54.8 Å². The molecule has 1 aromatic heterocycles. The number of aromatic nitrogens is 1. The number of halogens is 3. The lowest BCUT2D eigenvalue weighted by atomic mass is 9.83. The molecule has 4 nitrogen and oxygen atoms in total. The van der Waals surface area contributed by atoms with E-state index in [1.54, 1.807) is 7.11 Å². The van der Waals surface area contributed by atoms with Crippen LogP contribution in [0.15, 0.2) is 85.0 Å². The second-order valence-electron chi connectivity index (χ2n) is 8.65. The lowest BCUT2D eigenvalue weighted by Gasteiger charge is -2.31. The second-order valence-corrected chi connectivity index (χ2v) is 11.8. The number of fused-ring (bicyclic) bond motifs is 3. The van der Waals surface area contributed by atoms with Gasteiger partial charge in [0.05, 0.1) is 32.3 Å². The molecule has 1 atom stereocenters. The van der Waals surface area contributed by atoms with Crippen LogP contribution in [0.2, 0.25) is 5.02 Å². The molecule has 1 unspecified atom stereocenters. The molecule has 0 amide bonds. The van der Waals surface area contributed by atoms with Crippen molar-refractivity contribution in [1.29, 1.82) is 0 Å². The number of aryl methyl sites for hydroxylation is 1. The van der Waals surface area contributed by atoms with Gasteiger partial charge in [-0.15, -0.1) is 0 Å². The van der Waals surface area contributed by atoms with Crippen molar-refractivity contribution in [3.05, 3.63) is 122 Å². The molecular weight excluding hydrogens is 624 g/mol. The molecule has 0 spiro atoms. The van der Waals surface area contributed by atoms with Crippen LogP contribution in [-0.4, -0.2) is 11.7 Å². The van der Waals surface area contributed by atoms with Gasteiger partial charge in [0, 0.05) is 10.6 Å². The smallest absolute Gasteiger partial charge is 0.271 e. The Hall–Kier alpha value is -2.45. The largest absolute Gasteiger partial charge is 0.494 e. The molecule has 36 heavy (non-hydrogen) atoms. The van der Waals surface area contributed by atoms with Crippen molar-refractivity contribution < 1.29 is 4.74 Å². The Kier molecular flexibility index (Phi) is 6.28. The van der Waals surface area contributed by atoms with Crippen LogP contribution in [0.3, 0.4) is 0 Å². The van der Waals surface area contributed by atoms with Gasteiger partial charge in [0.2, 0.25) is 0 Å². The molecule has 2 heterocycles. The lowest BCUT2D eigenvalue weighted by Crippen LogP contribution is -2.38. The summed E-state index contributed by atoms with van der Waals surface area (Å²) in [5, 5.41) is 0.646. The Labute approximate surface area is 233 Å². The molecule has 180 valence electrons. The molecule has 0 radical (unpaired) electrons. The average molecular weight is 643 g/mol. The van der Waals surface area contributed by atoms with Crippen LogP contribution in [0, 0.1) is 0 Å². The third-order valence-electron chi connectivity index (χ3n) is 6.60. The summed E-state index contributed by atoms with van der Waals surface area (Å²) in [4.78, 5) is 19.6. The van der Waals surface area contributed by atoms with E-state index in [4.69, 9.17) is 21.3 Å². The fourth-order valence-electron chi connectivity index (χ4n) is 5.00. The zero-order valence-electron chi connectivity index (χ0n) is 19.1. The van der Waals surface area contributed by atoms with Crippen LogP contribution in [0.5, 0.6) is 5.75 Å². The van der Waals surface area contributed by atoms with Gasteiger partial charge in [-0.25, -0.2) is 4.99 Å². The van der Waals surface area contributed by atoms with Crippen molar-refractivity contribution >= 4 is 66.6 Å². The molecule has 0 saturated heterocycles. The first-order valence-corrected chi connectivity index (χ1v) is 14.1. The van der Waals surface area contributed by atoms with E-state index < -0.39 is 0 Å². The number of ether oxygens (including phenoxy) is 1. The number of hydrogen-bond donors (Lipinski definition) is 0. The van der Waals surface area contributed by atoms with E-state index in [1.165, 1.54) is 16.9 Å². The summed E-state index contributed by atoms with van der Waals surface area (Å²) in [6.45, 7) is 0. The lowest BCUT2D eigenvalue weighted by molar-refractivity contribution is 0.409. The Morgan fingerprint density at radius 1 is 1.08 bits per heavy atom. The van der Waals surface area contributed by atoms with Crippen LogP contribution in [0.25, 0.3) is 11.8 Å². The summed E-state index contributed by atoms with van der Waals surface area (Å²) in [5.74, 6) is 0.707. The fraction of sp³-hybridized carbons (Fsp3) is 0.143. The van der Waals surface area contributed by atoms with E-state index in [0.29, 0.717) is 20.1 Å². The van der Waals surface area contributed by atoms with Crippen LogP contribution in [-0.2, 0) is 6.42 Å². The highest BCUT2D eigenvalue weighted by Gasteiger charge is 2.33. The molecule has 1 aliphatic carbocycles. The van der Waals surface area contributed by atoms with Gasteiger partial charge in [0.25, 0.3) is 5.56 Å². The molecule has 1 aliphatic heterocycles. The minimum atomic E-state index is -0.296. The molecular formula is C28H19Br2ClN2O2S. The highest BCUT2D eigenvalue weighted by Crippen LogP contribution is 2.42. The van der Waals surface area contributed by atoms with E-state index in [1.807, 2.05) is 53.1 Å². The maximum atomic E-state index is 13.9. The Balaban J connectivity index is 1.62. The molecule has 0 bridgehead atoms. The molecule has 6 rings (SSSR count). The van der Waals surface area contributed by atoms with Gasteiger partial charge in [-0.05, 0) is 91.2 Å². The molecule has 2 aliphatic rings. The monoisotopic (exact) mass is 640 g/mol. The second kappa shape index (κ2) is 9.45. The summed E-state index contributed by atoms with van der Waals surface area (Å²) in [6.07, 6.45) is 3.64. The van der Waals surface area contributed by atoms with Gasteiger partial charge < -0.3 is 4.74 Å². The number of benzene rings is 3. The number of methoxy groups -OCH3 is 1. The first-order chi connectivity index (χ1) is 17.5. The van der Waals surface area contributed by atoms with Gasteiger partial charge in [0.15, 0.2) is 4.80 Å². The van der Waals surface area contributed by atoms with Gasteiger partial charge in [-0.2, -0.15) is 0 Å². The van der Waals surface area contributed by atoms with Gasteiger partial charge in [-0.3, -0.25) is 9.36 Å². The van der Waals surface area contributed by atoms with Crippen LogP contribution in [0.1, 0.15) is 34.7 Å².